The number of rotatable bonds is 3. The maximum absolute atomic E-state index is 10.6. The van der Waals surface area contributed by atoms with Gasteiger partial charge in [0, 0.05) is 7.05 Å². The molecule has 0 atom stereocenters. The topological polar surface area (TPSA) is 74.7 Å². The Kier molecular flexibility index (Phi) is 3.08. The van der Waals surface area contributed by atoms with E-state index in [1.165, 1.54) is 31.3 Å². The average Bonchev–Trinajstić information content (AvgIpc) is 2.16. The molecule has 76 valence electrons. The van der Waals surface area contributed by atoms with Gasteiger partial charge in [-0.05, 0) is 18.2 Å². The Bertz CT molecular complexity index is 419. The van der Waals surface area contributed by atoms with Gasteiger partial charge in [0.2, 0.25) is 10.9 Å². The number of thiol groups is 1. The van der Waals surface area contributed by atoms with Gasteiger partial charge < -0.3 is 5.11 Å². The van der Waals surface area contributed by atoms with E-state index in [1.54, 1.807) is 0 Å². The van der Waals surface area contributed by atoms with Crippen LogP contribution in [0.15, 0.2) is 24.3 Å². The minimum Gasteiger partial charge on any atom is -0.478 e. The second kappa shape index (κ2) is 4.10. The molecule has 14 heavy (non-hydrogen) atoms. The predicted octanol–water partition coefficient (Wildman–Crippen LogP) is 0.347. The molecule has 0 aliphatic carbocycles. The zero-order valence-electron chi connectivity index (χ0n) is 7.38. The highest BCUT2D eigenvalue weighted by molar-refractivity contribution is 7.74. The summed E-state index contributed by atoms with van der Waals surface area (Å²) in [4.78, 5) is 10.6. The molecule has 0 aliphatic heterocycles. The van der Waals surface area contributed by atoms with Crippen LogP contribution < -0.4 is 4.31 Å². The fraction of sp³-hybridized carbons (Fsp3) is 0.125. The van der Waals surface area contributed by atoms with Crippen LogP contribution in [0.2, 0.25) is 0 Å². The van der Waals surface area contributed by atoms with Crippen molar-refractivity contribution in [3.63, 3.8) is 0 Å². The molecule has 0 radical (unpaired) electrons. The van der Waals surface area contributed by atoms with Gasteiger partial charge in [-0.25, -0.2) is 13.2 Å². The molecular formula is C8H9NO4S. The molecular weight excluding hydrogens is 206 g/mol. The van der Waals surface area contributed by atoms with Gasteiger partial charge in [-0.1, -0.05) is 6.07 Å². The van der Waals surface area contributed by atoms with Crippen LogP contribution in [0.5, 0.6) is 0 Å². The molecule has 0 aromatic heterocycles. The number of carboxylic acids is 1. The van der Waals surface area contributed by atoms with E-state index in [1.807, 2.05) is 0 Å². The molecule has 1 aromatic rings. The summed E-state index contributed by atoms with van der Waals surface area (Å²) in [6.45, 7) is 0. The van der Waals surface area contributed by atoms with Gasteiger partial charge in [-0.3, -0.25) is 4.31 Å². The molecule has 5 nitrogen and oxygen atoms in total. The number of carbonyl (C=O) groups is 1. The van der Waals surface area contributed by atoms with E-state index in [4.69, 9.17) is 5.11 Å². The van der Waals surface area contributed by atoms with Gasteiger partial charge in [-0.2, -0.15) is 0 Å². The second-order valence-corrected chi connectivity index (χ2v) is 3.69. The highest BCUT2D eigenvalue weighted by Crippen LogP contribution is 2.14. The summed E-state index contributed by atoms with van der Waals surface area (Å²) in [5, 5.41) is 8.66. The molecule has 0 unspecified atom stereocenters. The Morgan fingerprint density at radius 1 is 1.43 bits per heavy atom. The maximum atomic E-state index is 10.6. The molecule has 0 spiro atoms. The van der Waals surface area contributed by atoms with Gasteiger partial charge in [0.15, 0.2) is 0 Å². The van der Waals surface area contributed by atoms with Gasteiger partial charge in [0.25, 0.3) is 0 Å². The van der Waals surface area contributed by atoms with Crippen LogP contribution in [0, 0.1) is 0 Å². The molecule has 0 saturated carbocycles. The van der Waals surface area contributed by atoms with Crippen LogP contribution in [0.3, 0.4) is 0 Å². The molecule has 0 amide bonds. The number of benzene rings is 1. The third kappa shape index (κ3) is 2.23. The maximum Gasteiger partial charge on any atom is 0.335 e. The zero-order chi connectivity index (χ0) is 10.7. The summed E-state index contributed by atoms with van der Waals surface area (Å²) < 4.78 is 22.2. The van der Waals surface area contributed by atoms with Crippen molar-refractivity contribution in [3.05, 3.63) is 29.8 Å². The van der Waals surface area contributed by atoms with Crippen molar-refractivity contribution in [2.45, 2.75) is 0 Å². The van der Waals surface area contributed by atoms with Crippen LogP contribution in [0.25, 0.3) is 0 Å². The molecule has 0 aliphatic rings. The fourth-order valence-corrected chi connectivity index (χ4v) is 1.25. The first kappa shape index (κ1) is 10.5. The first-order valence-corrected chi connectivity index (χ1v) is 4.87. The highest BCUT2D eigenvalue weighted by Gasteiger charge is 2.06. The number of carboxylic acid groups (broad SMARTS) is 1. The lowest BCUT2D eigenvalue weighted by Crippen LogP contribution is -2.14. The average molecular weight is 215 g/mol. The van der Waals surface area contributed by atoms with Crippen LogP contribution in [-0.4, -0.2) is 26.5 Å². The monoisotopic (exact) mass is 215 g/mol. The Labute approximate surface area is 82.7 Å². The first-order valence-electron chi connectivity index (χ1n) is 3.74. The third-order valence-electron chi connectivity index (χ3n) is 1.71. The lowest BCUT2D eigenvalue weighted by molar-refractivity contribution is 0.0697. The summed E-state index contributed by atoms with van der Waals surface area (Å²) in [6.07, 6.45) is 0. The Balaban J connectivity index is 3.11. The van der Waals surface area contributed by atoms with Crippen molar-refractivity contribution in [1.82, 2.24) is 0 Å². The van der Waals surface area contributed by atoms with Crippen molar-refractivity contribution >= 4 is 22.5 Å². The molecule has 0 saturated heterocycles. The summed E-state index contributed by atoms with van der Waals surface area (Å²) >= 11 is 0. The quantitative estimate of drug-likeness (QED) is 0.713. The van der Waals surface area contributed by atoms with Crippen molar-refractivity contribution < 1.29 is 18.3 Å². The standard InChI is InChI=1S/C8H9NO4S/c1-9(14(12)13)7-4-2-3-6(5-7)8(10)11/h2-5,14H,1H3,(H,10,11). The van der Waals surface area contributed by atoms with E-state index in [9.17, 15) is 13.2 Å². The second-order valence-electron chi connectivity index (χ2n) is 2.62. The minimum atomic E-state index is -2.73. The Morgan fingerprint density at radius 3 is 2.57 bits per heavy atom. The van der Waals surface area contributed by atoms with E-state index < -0.39 is 16.9 Å². The van der Waals surface area contributed by atoms with E-state index in [2.05, 4.69) is 0 Å². The predicted molar refractivity (Wildman–Crippen MR) is 52.1 cm³/mol. The van der Waals surface area contributed by atoms with Crippen molar-refractivity contribution in [2.75, 3.05) is 11.4 Å². The van der Waals surface area contributed by atoms with E-state index in [0.717, 1.165) is 4.31 Å². The van der Waals surface area contributed by atoms with Crippen molar-refractivity contribution in [2.24, 2.45) is 0 Å². The summed E-state index contributed by atoms with van der Waals surface area (Å²) in [7, 11) is -1.38. The van der Waals surface area contributed by atoms with Crippen LogP contribution >= 0.6 is 0 Å². The fourth-order valence-electron chi connectivity index (χ4n) is 0.935. The number of nitrogens with zero attached hydrogens (tertiary/aromatic N) is 1. The van der Waals surface area contributed by atoms with Gasteiger partial charge >= 0.3 is 5.97 Å². The van der Waals surface area contributed by atoms with E-state index in [0.29, 0.717) is 5.69 Å². The largest absolute Gasteiger partial charge is 0.478 e. The third-order valence-corrected chi connectivity index (χ3v) is 2.43. The number of hydrogen-bond donors (Lipinski definition) is 2. The Morgan fingerprint density at radius 2 is 2.07 bits per heavy atom. The minimum absolute atomic E-state index is 0.0613. The Hall–Kier alpha value is -1.56. The molecule has 1 rings (SSSR count). The van der Waals surface area contributed by atoms with Gasteiger partial charge in [0.05, 0.1) is 11.3 Å². The molecule has 0 heterocycles. The van der Waals surface area contributed by atoms with Crippen LogP contribution in [-0.2, 0) is 10.9 Å². The van der Waals surface area contributed by atoms with Gasteiger partial charge in [-0.15, -0.1) is 0 Å². The lowest BCUT2D eigenvalue weighted by Gasteiger charge is -2.10. The SMILES string of the molecule is CN(c1cccc(C(=O)O)c1)[SH](=O)=O. The summed E-state index contributed by atoms with van der Waals surface area (Å²) in [5.74, 6) is -1.08. The zero-order valence-corrected chi connectivity index (χ0v) is 8.27. The molecule has 0 fully saturated rings. The first-order chi connectivity index (χ1) is 6.52. The van der Waals surface area contributed by atoms with Crippen LogP contribution in [0.4, 0.5) is 5.69 Å². The van der Waals surface area contributed by atoms with Gasteiger partial charge in [0.1, 0.15) is 0 Å². The highest BCUT2D eigenvalue weighted by atomic mass is 32.2. The number of aromatic carboxylic acids is 1. The molecule has 0 bridgehead atoms. The van der Waals surface area contributed by atoms with Crippen molar-refractivity contribution in [1.29, 1.82) is 0 Å². The molecule has 6 heteroatoms. The lowest BCUT2D eigenvalue weighted by atomic mass is 10.2. The number of anilines is 1. The molecule has 1 aromatic carbocycles. The van der Waals surface area contributed by atoms with Crippen molar-refractivity contribution in [3.8, 4) is 0 Å². The smallest absolute Gasteiger partial charge is 0.335 e. The normalized spacial score (nSPS) is 10.1. The number of hydrogen-bond acceptors (Lipinski definition) is 3. The molecule has 1 N–H and O–H groups in total. The summed E-state index contributed by atoms with van der Waals surface area (Å²) in [5.41, 5.74) is 0.396. The van der Waals surface area contributed by atoms with E-state index >= 15 is 0 Å². The van der Waals surface area contributed by atoms with E-state index in [-0.39, 0.29) is 5.56 Å². The van der Waals surface area contributed by atoms with Crippen LogP contribution in [0.1, 0.15) is 10.4 Å². The summed E-state index contributed by atoms with van der Waals surface area (Å²) in [6, 6.07) is 5.72.